The second-order valence-electron chi connectivity index (χ2n) is 1.01. The molecule has 0 aromatic carbocycles. The Morgan fingerprint density at radius 2 is 1.50 bits per heavy atom. The molecule has 0 saturated carbocycles. The van der Waals surface area contributed by atoms with Gasteiger partial charge in [0, 0.05) is 0 Å². The molecule has 6 nitrogen and oxygen atoms in total. The third-order valence-corrected chi connectivity index (χ3v) is 0.909. The molecule has 10 heavy (non-hydrogen) atoms. The molecule has 0 fully saturated rings. The van der Waals surface area contributed by atoms with E-state index in [0.717, 1.165) is 0 Å². The minimum Gasteiger partial charge on any atom is -0.394 e. The normalized spacial score (nSPS) is 10.1. The quantitative estimate of drug-likeness (QED) is 0.430. The number of rotatable bonds is 2. The van der Waals surface area contributed by atoms with Crippen molar-refractivity contribution < 1.29 is 28.6 Å². The van der Waals surface area contributed by atoms with Crippen LogP contribution in [0.2, 0.25) is 0 Å². The van der Waals surface area contributed by atoms with Crippen molar-refractivity contribution in [2.75, 3.05) is 13.2 Å². The maximum Gasteiger partial charge on any atom is 0.486 e. The fourth-order valence-electron chi connectivity index (χ4n) is 0. The monoisotopic (exact) mass is 194 g/mol. The Balaban J connectivity index is 0. The van der Waals surface area contributed by atoms with Crippen molar-refractivity contribution in [1.82, 2.24) is 0 Å². The van der Waals surface area contributed by atoms with Crippen LogP contribution in [0.15, 0.2) is 0 Å². The van der Waals surface area contributed by atoms with E-state index in [9.17, 15) is 4.57 Å². The van der Waals surface area contributed by atoms with Gasteiger partial charge in [0.2, 0.25) is 0 Å². The summed E-state index contributed by atoms with van der Waals surface area (Å²) in [4.78, 5) is 15.2. The molecule has 64 valence electrons. The number of aliphatic hydroxyl groups is 2. The summed E-state index contributed by atoms with van der Waals surface area (Å²) in [5.74, 6) is 0. The summed E-state index contributed by atoms with van der Waals surface area (Å²) in [6.07, 6.45) is 0. The lowest BCUT2D eigenvalue weighted by Crippen LogP contribution is -1.85. The Labute approximate surface area is 62.4 Å². The van der Waals surface area contributed by atoms with Crippen molar-refractivity contribution in [3.63, 3.8) is 0 Å². The van der Waals surface area contributed by atoms with Crippen molar-refractivity contribution in [1.29, 1.82) is 0 Å². The van der Waals surface area contributed by atoms with Gasteiger partial charge < -0.3 is 20.0 Å². The molecule has 0 aromatic heterocycles. The van der Waals surface area contributed by atoms with Crippen LogP contribution in [0.5, 0.6) is 0 Å². The van der Waals surface area contributed by atoms with Crippen LogP contribution >= 0.6 is 19.7 Å². The van der Waals surface area contributed by atoms with E-state index in [1.165, 1.54) is 0 Å². The molecule has 0 bridgehead atoms. The number of hydrogen-bond acceptors (Lipinski definition) is 4. The van der Waals surface area contributed by atoms with Gasteiger partial charge in [-0.3, -0.25) is 0 Å². The van der Waals surface area contributed by atoms with Gasteiger partial charge in [-0.05, 0) is 0 Å². The zero-order chi connectivity index (χ0) is 8.62. The predicted octanol–water partition coefficient (Wildman–Crippen LogP) is -0.780. The van der Waals surface area contributed by atoms with Gasteiger partial charge >= 0.3 is 7.82 Å². The molecule has 0 spiro atoms. The fourth-order valence-corrected chi connectivity index (χ4v) is 0. The van der Waals surface area contributed by atoms with Crippen LogP contribution < -0.4 is 0 Å². The minimum atomic E-state index is -4.38. The highest BCUT2D eigenvalue weighted by molar-refractivity contribution is 7.47. The zero-order valence-electron chi connectivity index (χ0n) is 4.84. The highest BCUT2D eigenvalue weighted by Gasteiger charge is 2.10. The van der Waals surface area contributed by atoms with Gasteiger partial charge in [-0.15, -0.1) is 0 Å². The maximum absolute atomic E-state index is 9.34. The Hall–Kier alpha value is 0.320. The average molecular weight is 195 g/mol. The Morgan fingerprint density at radius 3 is 1.50 bits per heavy atom. The molecule has 0 rings (SSSR count). The van der Waals surface area contributed by atoms with E-state index in [4.69, 9.17) is 20.0 Å². The third kappa shape index (κ3) is 23.9. The summed E-state index contributed by atoms with van der Waals surface area (Å²) in [6, 6.07) is 0. The fraction of sp³-hybridized carbons (Fsp3) is 1.00. The Kier molecular flexibility index (Phi) is 9.62. The highest BCUT2D eigenvalue weighted by Crippen LogP contribution is 2.36. The molecule has 0 aliphatic heterocycles. The highest BCUT2D eigenvalue weighted by atomic mass is 35.5. The molecule has 4 N–H and O–H groups in total. The van der Waals surface area contributed by atoms with Crippen LogP contribution in [0.3, 0.4) is 0 Å². The topological polar surface area (TPSA) is 107 Å². The first kappa shape index (κ1) is 12.9. The van der Waals surface area contributed by atoms with Gasteiger partial charge in [0.05, 0.1) is 25.1 Å². The van der Waals surface area contributed by atoms with Gasteiger partial charge in [0.15, 0.2) is 0 Å². The number of halogens is 1. The van der Waals surface area contributed by atoms with E-state index < -0.39 is 7.82 Å². The van der Waals surface area contributed by atoms with Gasteiger partial charge in [-0.1, -0.05) is 0 Å². The first-order chi connectivity index (χ1) is 4.47. The molecule has 0 unspecified atom stereocenters. The molecular weight excluding hydrogens is 186 g/mol. The lowest BCUT2D eigenvalue weighted by atomic mass is 10.8. The van der Waals surface area contributed by atoms with Crippen LogP contribution in [-0.2, 0) is 8.64 Å². The van der Waals surface area contributed by atoms with E-state index in [0.29, 0.717) is 0 Å². The molecular formula is C2H8ClO6P. The largest absolute Gasteiger partial charge is 0.486 e. The van der Waals surface area contributed by atoms with Crippen molar-refractivity contribution in [2.24, 2.45) is 0 Å². The SMILES string of the molecule is O=P(O)(O)OCl.OCCO. The van der Waals surface area contributed by atoms with Crippen molar-refractivity contribution in [3.8, 4) is 0 Å². The van der Waals surface area contributed by atoms with Crippen molar-refractivity contribution in [2.45, 2.75) is 0 Å². The standard InChI is InChI=1S/C2H6O2.ClH2O4P/c3-1-2-4;1-5-6(2,3)4/h3-4H,1-2H2;(H2,2,3,4). The summed E-state index contributed by atoms with van der Waals surface area (Å²) in [7, 11) is -4.38. The first-order valence-electron chi connectivity index (χ1n) is 2.05. The molecule has 0 saturated heterocycles. The molecule has 0 atom stereocenters. The summed E-state index contributed by atoms with van der Waals surface area (Å²) >= 11 is 4.21. The van der Waals surface area contributed by atoms with Gasteiger partial charge in [-0.25, -0.2) is 4.57 Å². The molecule has 8 heteroatoms. The molecule has 0 aliphatic carbocycles. The lowest BCUT2D eigenvalue weighted by Gasteiger charge is -1.89. The van der Waals surface area contributed by atoms with Crippen molar-refractivity contribution in [3.05, 3.63) is 0 Å². The number of aliphatic hydroxyl groups excluding tert-OH is 2. The molecule has 0 radical (unpaired) electrons. The van der Waals surface area contributed by atoms with E-state index in [1.54, 1.807) is 0 Å². The predicted molar refractivity (Wildman–Crippen MR) is 33.2 cm³/mol. The van der Waals surface area contributed by atoms with Gasteiger partial charge in [0.1, 0.15) is 0 Å². The van der Waals surface area contributed by atoms with E-state index in [1.807, 2.05) is 0 Å². The minimum absolute atomic E-state index is 0.125. The van der Waals surface area contributed by atoms with Crippen molar-refractivity contribution >= 4 is 19.7 Å². The maximum atomic E-state index is 9.34. The molecule has 0 aliphatic rings. The first-order valence-corrected chi connectivity index (χ1v) is 3.89. The van der Waals surface area contributed by atoms with E-state index >= 15 is 0 Å². The molecule has 0 heterocycles. The lowest BCUT2D eigenvalue weighted by molar-refractivity contribution is 0.186. The Bertz CT molecular complexity index is 97.9. The van der Waals surface area contributed by atoms with Crippen LogP contribution in [0.4, 0.5) is 0 Å². The Morgan fingerprint density at radius 1 is 1.30 bits per heavy atom. The van der Waals surface area contributed by atoms with Gasteiger partial charge in [-0.2, -0.15) is 4.08 Å². The third-order valence-electron chi connectivity index (χ3n) is 0.190. The summed E-state index contributed by atoms with van der Waals surface area (Å²) in [5, 5.41) is 15.2. The van der Waals surface area contributed by atoms with Crippen LogP contribution in [0.1, 0.15) is 0 Å². The number of hydrogen-bond donors (Lipinski definition) is 4. The summed E-state index contributed by atoms with van der Waals surface area (Å²) in [5.41, 5.74) is 0. The smallest absolute Gasteiger partial charge is 0.394 e. The zero-order valence-corrected chi connectivity index (χ0v) is 6.50. The second kappa shape index (κ2) is 7.43. The van der Waals surface area contributed by atoms with E-state index in [-0.39, 0.29) is 13.2 Å². The number of phosphoric acid groups is 1. The van der Waals surface area contributed by atoms with E-state index in [2.05, 4.69) is 15.9 Å². The average Bonchev–Trinajstić information content (AvgIpc) is 1.87. The van der Waals surface area contributed by atoms with Crippen LogP contribution in [0, 0.1) is 0 Å². The summed E-state index contributed by atoms with van der Waals surface area (Å²) < 4.78 is 12.4. The molecule has 0 amide bonds. The van der Waals surface area contributed by atoms with Crippen LogP contribution in [-0.4, -0.2) is 33.2 Å². The summed E-state index contributed by atoms with van der Waals surface area (Å²) in [6.45, 7) is -0.250. The van der Waals surface area contributed by atoms with Crippen LogP contribution in [0.25, 0.3) is 0 Å². The molecule has 0 aromatic rings. The van der Waals surface area contributed by atoms with Gasteiger partial charge in [0.25, 0.3) is 0 Å². The second-order valence-corrected chi connectivity index (χ2v) is 2.54.